The summed E-state index contributed by atoms with van der Waals surface area (Å²) in [4.78, 5) is 91.4. The number of amides is 6. The third kappa shape index (κ3) is 16.6. The second-order valence-corrected chi connectivity index (χ2v) is 15.6. The van der Waals surface area contributed by atoms with E-state index in [-0.39, 0.29) is 38.1 Å². The van der Waals surface area contributed by atoms with E-state index < -0.39 is 65.5 Å². The largest absolute Gasteiger partial charge is 0.467 e. The fourth-order valence-electron chi connectivity index (χ4n) is 6.22. The molecule has 1 heterocycles. The lowest BCUT2D eigenvalue weighted by molar-refractivity contribution is -0.145. The molecule has 0 spiro atoms. The number of rotatable bonds is 14. The van der Waals surface area contributed by atoms with E-state index in [0.29, 0.717) is 37.8 Å². The fraction of sp³-hybridized carbons (Fsp3) is 0.558. The number of aryl methyl sites for hydroxylation is 1. The zero-order chi connectivity index (χ0) is 42.7. The van der Waals surface area contributed by atoms with Gasteiger partial charge in [-0.1, -0.05) is 49.7 Å². The van der Waals surface area contributed by atoms with Crippen LogP contribution in [0.1, 0.15) is 115 Å². The monoisotopic (exact) mass is 806 g/mol. The van der Waals surface area contributed by atoms with Gasteiger partial charge in [0.1, 0.15) is 29.8 Å². The molecule has 2 aromatic carbocycles. The normalized spacial score (nSPS) is 18.8. The molecular formula is C43H62N6O9. The van der Waals surface area contributed by atoms with E-state index >= 15 is 0 Å². The van der Waals surface area contributed by atoms with Crippen LogP contribution in [-0.2, 0) is 39.9 Å². The van der Waals surface area contributed by atoms with Crippen molar-refractivity contribution >= 4 is 41.6 Å². The molecule has 1 saturated heterocycles. The second-order valence-electron chi connectivity index (χ2n) is 15.6. The SMILES string of the molecule is CCCCc1ccc(-c2ccc(C(=O)N[C@@H](CCCCNC(=O)OC(C)(C)C)C(=O)N[C@H]3CCC(=O)NCCCC[C@@H](C(=O)OC)NC(=O)[C@H](C)NC3=O)cc2)cc1. The molecule has 0 bridgehead atoms. The predicted molar refractivity (Wildman–Crippen MR) is 219 cm³/mol. The maximum atomic E-state index is 14.0. The molecule has 0 aromatic heterocycles. The molecule has 4 atom stereocenters. The Bertz CT molecular complexity index is 1690. The van der Waals surface area contributed by atoms with Gasteiger partial charge in [-0.25, -0.2) is 9.59 Å². The zero-order valence-corrected chi connectivity index (χ0v) is 34.8. The van der Waals surface area contributed by atoms with Crippen molar-refractivity contribution in [2.24, 2.45) is 0 Å². The standard InChI is InChI=1S/C43H62N6O9/c1-7-8-13-29-16-18-30(19-17-29)31-20-22-32(23-21-31)38(52)47-33(14-9-12-27-45-42(56)58-43(3,4)5)40(54)48-34-24-25-36(50)44-26-11-10-15-35(41(55)57-6)49-37(51)28(2)46-39(34)53/h16-23,28,33-35H,7-15,24-27H2,1-6H3,(H,44,50)(H,45,56)(H,46,53)(H,47,52)(H,48,54)(H,49,51)/t28-,33-,34-,35-/m0/s1. The second kappa shape index (κ2) is 23.7. The fourth-order valence-corrected chi connectivity index (χ4v) is 6.22. The lowest BCUT2D eigenvalue weighted by Crippen LogP contribution is -2.57. The van der Waals surface area contributed by atoms with E-state index in [9.17, 15) is 33.6 Å². The van der Waals surface area contributed by atoms with E-state index in [1.165, 1.54) is 19.6 Å². The van der Waals surface area contributed by atoms with Crippen molar-refractivity contribution in [3.05, 3.63) is 59.7 Å². The molecule has 1 aliphatic rings. The molecule has 15 heteroatoms. The minimum atomic E-state index is -1.25. The van der Waals surface area contributed by atoms with Crippen LogP contribution in [0.25, 0.3) is 11.1 Å². The van der Waals surface area contributed by atoms with Crippen LogP contribution >= 0.6 is 0 Å². The van der Waals surface area contributed by atoms with E-state index in [0.717, 1.165) is 30.4 Å². The van der Waals surface area contributed by atoms with Gasteiger partial charge in [0.05, 0.1) is 7.11 Å². The van der Waals surface area contributed by atoms with Crippen LogP contribution in [0.15, 0.2) is 48.5 Å². The third-order valence-electron chi connectivity index (χ3n) is 9.55. The highest BCUT2D eigenvalue weighted by molar-refractivity contribution is 5.99. The molecule has 15 nitrogen and oxygen atoms in total. The van der Waals surface area contributed by atoms with Crippen molar-refractivity contribution in [2.45, 2.75) is 135 Å². The van der Waals surface area contributed by atoms with Gasteiger partial charge >= 0.3 is 12.1 Å². The van der Waals surface area contributed by atoms with Crippen molar-refractivity contribution in [3.63, 3.8) is 0 Å². The first-order valence-electron chi connectivity index (χ1n) is 20.3. The van der Waals surface area contributed by atoms with Crippen LogP contribution < -0.4 is 31.9 Å². The number of hydrogen-bond donors (Lipinski definition) is 6. The number of methoxy groups -OCH3 is 1. The molecule has 6 N–H and O–H groups in total. The number of carbonyl (C=O) groups is 7. The van der Waals surface area contributed by atoms with Gasteiger partial charge in [0, 0.05) is 25.1 Å². The third-order valence-corrected chi connectivity index (χ3v) is 9.55. The average molecular weight is 807 g/mol. The predicted octanol–water partition coefficient (Wildman–Crippen LogP) is 4.22. The van der Waals surface area contributed by atoms with Gasteiger partial charge in [0.25, 0.3) is 5.91 Å². The summed E-state index contributed by atoms with van der Waals surface area (Å²) in [5, 5.41) is 16.2. The van der Waals surface area contributed by atoms with Crippen molar-refractivity contribution in [1.29, 1.82) is 0 Å². The van der Waals surface area contributed by atoms with Gasteiger partial charge in [-0.2, -0.15) is 0 Å². The summed E-state index contributed by atoms with van der Waals surface area (Å²) in [7, 11) is 1.21. The molecule has 1 aliphatic heterocycles. The topological polar surface area (TPSA) is 210 Å². The Morgan fingerprint density at radius 1 is 0.862 bits per heavy atom. The number of hydrogen-bond acceptors (Lipinski definition) is 9. The molecule has 1 fully saturated rings. The van der Waals surface area contributed by atoms with E-state index in [1.807, 2.05) is 12.1 Å². The highest BCUT2D eigenvalue weighted by atomic mass is 16.6. The highest BCUT2D eigenvalue weighted by Gasteiger charge is 2.31. The Hall–Kier alpha value is -5.47. The van der Waals surface area contributed by atoms with Crippen LogP contribution in [-0.4, -0.2) is 91.6 Å². The molecule has 58 heavy (non-hydrogen) atoms. The van der Waals surface area contributed by atoms with Crippen LogP contribution in [0, 0.1) is 0 Å². The number of ether oxygens (including phenoxy) is 2. The van der Waals surface area contributed by atoms with Gasteiger partial charge in [-0.3, -0.25) is 24.0 Å². The lowest BCUT2D eigenvalue weighted by Gasteiger charge is -2.25. The van der Waals surface area contributed by atoms with Gasteiger partial charge in [0.15, 0.2) is 0 Å². The number of benzene rings is 2. The molecule has 0 aliphatic carbocycles. The van der Waals surface area contributed by atoms with Crippen LogP contribution in [0.2, 0.25) is 0 Å². The molecule has 6 amide bonds. The molecule has 0 unspecified atom stereocenters. The van der Waals surface area contributed by atoms with E-state index in [4.69, 9.17) is 9.47 Å². The van der Waals surface area contributed by atoms with Crippen LogP contribution in [0.3, 0.4) is 0 Å². The number of alkyl carbamates (subject to hydrolysis) is 1. The minimum absolute atomic E-state index is 0.0932. The van der Waals surface area contributed by atoms with E-state index in [1.54, 1.807) is 32.9 Å². The number of unbranched alkanes of at least 4 members (excludes halogenated alkanes) is 2. The maximum absolute atomic E-state index is 14.0. The zero-order valence-electron chi connectivity index (χ0n) is 34.8. The lowest BCUT2D eigenvalue weighted by atomic mass is 10.0. The first kappa shape index (κ1) is 46.9. The molecule has 3 rings (SSSR count). The smallest absolute Gasteiger partial charge is 0.407 e. The Labute approximate surface area is 341 Å². The maximum Gasteiger partial charge on any atom is 0.407 e. The summed E-state index contributed by atoms with van der Waals surface area (Å²) in [6, 6.07) is 10.9. The van der Waals surface area contributed by atoms with Crippen molar-refractivity contribution < 1.29 is 43.0 Å². The number of nitrogens with one attached hydrogen (secondary N) is 6. The number of esters is 1. The Kier molecular flexibility index (Phi) is 19.2. The number of carbonyl (C=O) groups excluding carboxylic acids is 7. The Morgan fingerprint density at radius 3 is 2.17 bits per heavy atom. The van der Waals surface area contributed by atoms with Gasteiger partial charge in [-0.05, 0) is 114 Å². The summed E-state index contributed by atoms with van der Waals surface area (Å²) in [5.74, 6) is -3.51. The molecule has 2 aromatic rings. The molecule has 0 saturated carbocycles. The highest BCUT2D eigenvalue weighted by Crippen LogP contribution is 2.21. The Balaban J connectivity index is 1.78. The van der Waals surface area contributed by atoms with Crippen molar-refractivity contribution in [2.75, 3.05) is 20.2 Å². The summed E-state index contributed by atoms with van der Waals surface area (Å²) < 4.78 is 10.1. The summed E-state index contributed by atoms with van der Waals surface area (Å²) in [6.45, 7) is 9.43. The van der Waals surface area contributed by atoms with Gasteiger partial charge < -0.3 is 41.4 Å². The summed E-state index contributed by atoms with van der Waals surface area (Å²) in [6.07, 6.45) is 4.81. The van der Waals surface area contributed by atoms with Crippen molar-refractivity contribution in [1.82, 2.24) is 31.9 Å². The van der Waals surface area contributed by atoms with Crippen LogP contribution in [0.4, 0.5) is 4.79 Å². The molecule has 318 valence electrons. The minimum Gasteiger partial charge on any atom is -0.467 e. The van der Waals surface area contributed by atoms with E-state index in [2.05, 4.69) is 63.1 Å². The average Bonchev–Trinajstić information content (AvgIpc) is 3.19. The van der Waals surface area contributed by atoms with Gasteiger partial charge in [-0.15, -0.1) is 0 Å². The first-order valence-corrected chi connectivity index (χ1v) is 20.3. The quantitative estimate of drug-likeness (QED) is 0.119. The first-order chi connectivity index (χ1) is 27.6. The Morgan fingerprint density at radius 2 is 1.53 bits per heavy atom. The summed E-state index contributed by atoms with van der Waals surface area (Å²) in [5.41, 5.74) is 2.85. The van der Waals surface area contributed by atoms with Gasteiger partial charge in [0.2, 0.25) is 23.6 Å². The summed E-state index contributed by atoms with van der Waals surface area (Å²) >= 11 is 0. The molecule has 0 radical (unpaired) electrons. The van der Waals surface area contributed by atoms with Crippen molar-refractivity contribution in [3.8, 4) is 11.1 Å². The van der Waals surface area contributed by atoms with Crippen LogP contribution in [0.5, 0.6) is 0 Å². The molecular weight excluding hydrogens is 745 g/mol.